The van der Waals surface area contributed by atoms with E-state index < -0.39 is 4.92 Å². The van der Waals surface area contributed by atoms with Crippen LogP contribution < -0.4 is 10.6 Å². The van der Waals surface area contributed by atoms with Crippen LogP contribution in [0.4, 0.5) is 11.4 Å². The van der Waals surface area contributed by atoms with Crippen LogP contribution in [-0.4, -0.2) is 30.2 Å². The molecule has 0 aliphatic carbocycles. The Morgan fingerprint density at radius 3 is 2.60 bits per heavy atom. The topological polar surface area (TPSA) is 84.3 Å². The average molecular weight is 380 g/mol. The van der Waals surface area contributed by atoms with Crippen molar-refractivity contribution in [2.75, 3.05) is 24.7 Å². The molecule has 0 aromatic heterocycles. The number of thioether (sulfide) groups is 1. The molecule has 0 bridgehead atoms. The molecule has 2 N–H and O–H groups in total. The summed E-state index contributed by atoms with van der Waals surface area (Å²) < 4.78 is 0. The minimum atomic E-state index is -0.509. The normalized spacial score (nSPS) is 10.3. The highest BCUT2D eigenvalue weighted by atomic mass is 35.5. The number of halogens is 1. The summed E-state index contributed by atoms with van der Waals surface area (Å²) in [5, 5.41) is 17.3. The van der Waals surface area contributed by atoms with Gasteiger partial charge < -0.3 is 10.6 Å². The smallest absolute Gasteiger partial charge is 0.293 e. The second-order valence-corrected chi connectivity index (χ2v) is 6.72. The van der Waals surface area contributed by atoms with Crippen molar-refractivity contribution in [1.82, 2.24) is 5.32 Å². The van der Waals surface area contributed by atoms with Gasteiger partial charge in [-0.15, -0.1) is 0 Å². The van der Waals surface area contributed by atoms with Gasteiger partial charge in [-0.25, -0.2) is 0 Å². The third-order valence-electron chi connectivity index (χ3n) is 3.44. The molecule has 8 heteroatoms. The van der Waals surface area contributed by atoms with Crippen LogP contribution in [0.3, 0.4) is 0 Å². The number of carbonyl (C=O) groups is 1. The van der Waals surface area contributed by atoms with Gasteiger partial charge in [0.25, 0.3) is 11.6 Å². The van der Waals surface area contributed by atoms with Crippen LogP contribution in [0, 0.1) is 10.1 Å². The number of hydrogen-bond acceptors (Lipinski definition) is 5. The minimum absolute atomic E-state index is 0.118. The Labute approximate surface area is 155 Å². The maximum atomic E-state index is 12.1. The highest BCUT2D eigenvalue weighted by molar-refractivity contribution is 7.98. The first-order valence-electron chi connectivity index (χ1n) is 7.58. The van der Waals surface area contributed by atoms with Gasteiger partial charge in [0.2, 0.25) is 0 Å². The number of nitrogens with one attached hydrogen (secondary N) is 2. The second kappa shape index (κ2) is 9.29. The number of amides is 1. The highest BCUT2D eigenvalue weighted by Gasteiger charge is 2.16. The van der Waals surface area contributed by atoms with Crippen molar-refractivity contribution < 1.29 is 9.72 Å². The lowest BCUT2D eigenvalue weighted by molar-refractivity contribution is -0.384. The first-order valence-corrected chi connectivity index (χ1v) is 9.11. The molecule has 0 saturated carbocycles. The maximum Gasteiger partial charge on any atom is 0.293 e. The molecule has 0 saturated heterocycles. The van der Waals surface area contributed by atoms with Crippen molar-refractivity contribution in [1.29, 1.82) is 0 Å². The van der Waals surface area contributed by atoms with Crippen molar-refractivity contribution >= 4 is 40.6 Å². The van der Waals surface area contributed by atoms with E-state index in [-0.39, 0.29) is 17.2 Å². The van der Waals surface area contributed by atoms with Crippen LogP contribution in [-0.2, 0) is 5.75 Å². The van der Waals surface area contributed by atoms with E-state index in [1.54, 1.807) is 24.9 Å². The second-order valence-electron chi connectivity index (χ2n) is 5.17. The summed E-state index contributed by atoms with van der Waals surface area (Å²) in [6.07, 6.45) is 0. The number of nitrogens with zero attached hydrogens (tertiary/aromatic N) is 1. The molecule has 2 rings (SSSR count). The van der Waals surface area contributed by atoms with Crippen LogP contribution in [0.25, 0.3) is 0 Å². The zero-order chi connectivity index (χ0) is 18.2. The summed E-state index contributed by atoms with van der Waals surface area (Å²) in [5.74, 6) is 1.25. The van der Waals surface area contributed by atoms with Crippen LogP contribution >= 0.6 is 23.4 Å². The summed E-state index contributed by atoms with van der Waals surface area (Å²) in [5.41, 5.74) is 1.69. The minimum Gasteiger partial charge on any atom is -0.383 e. The molecule has 1 amide bonds. The number of hydrogen-bond donors (Lipinski definition) is 2. The van der Waals surface area contributed by atoms with Gasteiger partial charge in [-0.1, -0.05) is 23.7 Å². The first kappa shape index (κ1) is 19.1. The summed E-state index contributed by atoms with van der Waals surface area (Å²) >= 11 is 7.53. The van der Waals surface area contributed by atoms with Gasteiger partial charge >= 0.3 is 0 Å². The standard InChI is InChI=1S/C17H18ClN3O3S/c1-19-15-7-4-13(10-16(15)21(23)24)17(22)20-8-9-25-11-12-2-5-14(18)6-3-12/h2-7,10,19H,8-9,11H2,1H3,(H,20,22). The number of nitro benzene ring substituents is 1. The number of anilines is 1. The van der Waals surface area contributed by atoms with Gasteiger partial charge in [0, 0.05) is 41.8 Å². The lowest BCUT2D eigenvalue weighted by Crippen LogP contribution is -2.25. The van der Waals surface area contributed by atoms with Crippen molar-refractivity contribution in [2.24, 2.45) is 0 Å². The van der Waals surface area contributed by atoms with Gasteiger partial charge in [0.1, 0.15) is 5.69 Å². The number of rotatable bonds is 8. The van der Waals surface area contributed by atoms with E-state index in [1.165, 1.54) is 17.7 Å². The van der Waals surface area contributed by atoms with E-state index in [0.717, 1.165) is 11.5 Å². The molecule has 0 radical (unpaired) electrons. The molecule has 6 nitrogen and oxygen atoms in total. The van der Waals surface area contributed by atoms with Crippen molar-refractivity contribution in [3.63, 3.8) is 0 Å². The summed E-state index contributed by atoms with van der Waals surface area (Å²) in [7, 11) is 1.60. The number of nitro groups is 1. The Bertz CT molecular complexity index is 753. The van der Waals surface area contributed by atoms with Crippen LogP contribution in [0.5, 0.6) is 0 Å². The average Bonchev–Trinajstić information content (AvgIpc) is 2.62. The van der Waals surface area contributed by atoms with Gasteiger partial charge in [-0.2, -0.15) is 11.8 Å². The fourth-order valence-electron chi connectivity index (χ4n) is 2.14. The third-order valence-corrected chi connectivity index (χ3v) is 4.72. The summed E-state index contributed by atoms with van der Waals surface area (Å²) in [6, 6.07) is 12.0. The number of benzene rings is 2. The van der Waals surface area contributed by atoms with Gasteiger partial charge in [0.15, 0.2) is 0 Å². The predicted octanol–water partition coefficient (Wildman–Crippen LogP) is 3.95. The van der Waals surface area contributed by atoms with Gasteiger partial charge in [0.05, 0.1) is 4.92 Å². The number of carbonyl (C=O) groups excluding carboxylic acids is 1. The van der Waals surface area contributed by atoms with E-state index in [2.05, 4.69) is 10.6 Å². The molecular weight excluding hydrogens is 362 g/mol. The lowest BCUT2D eigenvalue weighted by atomic mass is 10.1. The highest BCUT2D eigenvalue weighted by Crippen LogP contribution is 2.25. The third kappa shape index (κ3) is 5.65. The van der Waals surface area contributed by atoms with Gasteiger partial charge in [-0.05, 0) is 29.8 Å². The predicted molar refractivity (Wildman–Crippen MR) is 103 cm³/mol. The molecule has 132 valence electrons. The molecule has 0 aliphatic heterocycles. The monoisotopic (exact) mass is 379 g/mol. The molecule has 0 heterocycles. The molecule has 25 heavy (non-hydrogen) atoms. The summed E-state index contributed by atoms with van der Waals surface area (Å²) in [4.78, 5) is 22.6. The molecule has 0 atom stereocenters. The Hall–Kier alpha value is -2.25. The quantitative estimate of drug-likeness (QED) is 0.412. The van der Waals surface area contributed by atoms with Crippen molar-refractivity contribution in [2.45, 2.75) is 5.75 Å². The molecule has 0 spiro atoms. The largest absolute Gasteiger partial charge is 0.383 e. The van der Waals surface area contributed by atoms with Crippen LogP contribution in [0.15, 0.2) is 42.5 Å². The first-order chi connectivity index (χ1) is 12.0. The van der Waals surface area contributed by atoms with Crippen LogP contribution in [0.1, 0.15) is 15.9 Å². The Balaban J connectivity index is 1.81. The molecule has 2 aromatic rings. The fourth-order valence-corrected chi connectivity index (χ4v) is 3.09. The fraction of sp³-hybridized carbons (Fsp3) is 0.235. The van der Waals surface area contributed by atoms with E-state index in [1.807, 2.05) is 24.3 Å². The van der Waals surface area contributed by atoms with E-state index in [4.69, 9.17) is 11.6 Å². The Morgan fingerprint density at radius 1 is 1.24 bits per heavy atom. The zero-order valence-corrected chi connectivity index (χ0v) is 15.2. The van der Waals surface area contributed by atoms with E-state index in [0.29, 0.717) is 17.3 Å². The Morgan fingerprint density at radius 2 is 1.96 bits per heavy atom. The lowest BCUT2D eigenvalue weighted by Gasteiger charge is -2.07. The molecule has 0 unspecified atom stereocenters. The van der Waals surface area contributed by atoms with Gasteiger partial charge in [-0.3, -0.25) is 14.9 Å². The molecule has 0 fully saturated rings. The van der Waals surface area contributed by atoms with Crippen molar-refractivity contribution in [3.05, 3.63) is 68.7 Å². The summed E-state index contributed by atoms with van der Waals surface area (Å²) in [6.45, 7) is 0.485. The molecular formula is C17H18ClN3O3S. The van der Waals surface area contributed by atoms with Crippen LogP contribution in [0.2, 0.25) is 5.02 Å². The zero-order valence-electron chi connectivity index (χ0n) is 13.6. The van der Waals surface area contributed by atoms with Crippen molar-refractivity contribution in [3.8, 4) is 0 Å². The molecule has 2 aromatic carbocycles. The molecule has 0 aliphatic rings. The SMILES string of the molecule is CNc1ccc(C(=O)NCCSCc2ccc(Cl)cc2)cc1[N+](=O)[O-]. The van der Waals surface area contributed by atoms with E-state index in [9.17, 15) is 14.9 Å². The maximum absolute atomic E-state index is 12.1. The Kier molecular flexibility index (Phi) is 7.09. The van der Waals surface area contributed by atoms with E-state index >= 15 is 0 Å².